The molecule has 32 nitrogen and oxygen atoms in total. The lowest BCUT2D eigenvalue weighted by Crippen LogP contribution is -2.48. The van der Waals surface area contributed by atoms with Gasteiger partial charge >= 0.3 is 11.9 Å². The first kappa shape index (κ1) is 60.8. The minimum Gasteiger partial charge on any atom is -0.355 e. The summed E-state index contributed by atoms with van der Waals surface area (Å²) in [5, 5.41) is 14.2. The fourth-order valence-electron chi connectivity index (χ4n) is 5.46. The summed E-state index contributed by atoms with van der Waals surface area (Å²) in [5.41, 5.74) is 0. The van der Waals surface area contributed by atoms with Gasteiger partial charge in [0.15, 0.2) is 10.5 Å². The predicted octanol–water partition coefficient (Wildman–Crippen LogP) is -6.99. The second-order valence-electron chi connectivity index (χ2n) is 14.9. The van der Waals surface area contributed by atoms with E-state index < -0.39 is 140 Å². The molecule has 34 heteroatoms. The van der Waals surface area contributed by atoms with Gasteiger partial charge in [-0.2, -0.15) is 16.8 Å². The molecule has 0 spiro atoms. The number of carbonyl (C=O) groups excluding carboxylic acids is 14. The Labute approximate surface area is 398 Å². The van der Waals surface area contributed by atoms with Crippen molar-refractivity contribution in [2.75, 3.05) is 39.3 Å². The Morgan fingerprint density at radius 2 is 0.786 bits per heavy atom. The molecule has 10 N–H and O–H groups in total. The van der Waals surface area contributed by atoms with Gasteiger partial charge in [0.2, 0.25) is 47.3 Å². The first-order chi connectivity index (χ1) is 32.4. The van der Waals surface area contributed by atoms with Crippen molar-refractivity contribution in [1.82, 2.24) is 52.7 Å². The molecule has 4 unspecified atom stereocenters. The number of hydroxylamine groups is 4. The van der Waals surface area contributed by atoms with E-state index in [1.165, 1.54) is 13.8 Å². The van der Waals surface area contributed by atoms with Gasteiger partial charge in [0, 0.05) is 40.8 Å². The quantitative estimate of drug-likeness (QED) is 0.0219. The van der Waals surface area contributed by atoms with E-state index in [0.29, 0.717) is 12.8 Å². The van der Waals surface area contributed by atoms with Crippen LogP contribution in [0.4, 0.5) is 0 Å². The largest absolute Gasteiger partial charge is 0.355 e. The third-order valence-corrected chi connectivity index (χ3v) is 11.1. The summed E-state index contributed by atoms with van der Waals surface area (Å²) < 4.78 is 63.0. The van der Waals surface area contributed by atoms with Crippen LogP contribution in [0.3, 0.4) is 0 Å². The molecule has 0 bridgehead atoms. The Hall–Kier alpha value is -7.20. The number of unbranched alkanes of at least 4 members (excludes halogenated alkanes) is 2. The number of nitrogens with zero attached hydrogens (tertiary/aromatic N) is 2. The van der Waals surface area contributed by atoms with Crippen molar-refractivity contribution in [3.8, 4) is 0 Å². The lowest BCUT2D eigenvalue weighted by Gasteiger charge is -2.20. The highest BCUT2D eigenvalue weighted by molar-refractivity contribution is 7.87. The van der Waals surface area contributed by atoms with E-state index in [0.717, 1.165) is 13.8 Å². The highest BCUT2D eigenvalue weighted by atomic mass is 32.2. The molecule has 0 aromatic carbocycles. The van der Waals surface area contributed by atoms with E-state index in [-0.39, 0.29) is 73.8 Å². The Balaban J connectivity index is 0.000000700. The summed E-state index contributed by atoms with van der Waals surface area (Å²) in [4.78, 5) is 173. The van der Waals surface area contributed by atoms with Crippen molar-refractivity contribution in [3.63, 3.8) is 0 Å². The van der Waals surface area contributed by atoms with E-state index in [9.17, 15) is 84.0 Å². The number of hydrogen-bond donors (Lipinski definition) is 10. The van der Waals surface area contributed by atoms with Crippen molar-refractivity contribution < 1.29 is 103 Å². The molecule has 0 radical (unpaired) electrons. The van der Waals surface area contributed by atoms with Crippen molar-refractivity contribution in [1.29, 1.82) is 0 Å². The predicted molar refractivity (Wildman–Crippen MR) is 228 cm³/mol. The van der Waals surface area contributed by atoms with Crippen LogP contribution in [-0.2, 0) is 97.0 Å². The number of rotatable bonds is 26. The average Bonchev–Trinajstić information content (AvgIpc) is 3.71. The highest BCUT2D eigenvalue weighted by Crippen LogP contribution is 2.22. The van der Waals surface area contributed by atoms with Crippen molar-refractivity contribution in [2.24, 2.45) is 0 Å². The van der Waals surface area contributed by atoms with Gasteiger partial charge in [0.25, 0.3) is 43.9 Å². The van der Waals surface area contributed by atoms with Crippen LogP contribution in [0.5, 0.6) is 0 Å². The minimum atomic E-state index is -4.92. The number of amides is 12. The number of carbonyl (C=O) groups is 14. The SMILES string of the molecule is CC(=O)NCC(=O)NCCCCC(NC(=O)CNC(C)=O)C(=O)ON1C(=O)CC(S(=O)(=O)O)C1=O.CC(=O)NCC(=O)NCCCCC(NC(=O)CNC(C)=O)C(=O)ON1C(=O)CC(S(=O)(=O)O)C1=O. The van der Waals surface area contributed by atoms with Crippen LogP contribution in [0.2, 0.25) is 0 Å². The summed E-state index contributed by atoms with van der Waals surface area (Å²) in [5.74, 6) is -12.1. The van der Waals surface area contributed by atoms with Gasteiger partial charge in [0.05, 0.1) is 39.0 Å². The van der Waals surface area contributed by atoms with Gasteiger partial charge in [-0.25, -0.2) is 9.59 Å². The first-order valence-electron chi connectivity index (χ1n) is 20.6. The van der Waals surface area contributed by atoms with Crippen LogP contribution in [0.15, 0.2) is 0 Å². The van der Waals surface area contributed by atoms with Gasteiger partial charge in [-0.3, -0.25) is 66.6 Å². The summed E-state index contributed by atoms with van der Waals surface area (Å²) in [6, 6.07) is -2.81. The maximum absolute atomic E-state index is 12.5. The molecule has 2 aliphatic heterocycles. The molecule has 0 saturated carbocycles. The van der Waals surface area contributed by atoms with Gasteiger partial charge < -0.3 is 52.2 Å². The highest BCUT2D eigenvalue weighted by Gasteiger charge is 2.50. The van der Waals surface area contributed by atoms with Gasteiger partial charge in [0.1, 0.15) is 12.1 Å². The van der Waals surface area contributed by atoms with Crippen LogP contribution in [0.1, 0.15) is 79.1 Å². The molecule has 0 aliphatic carbocycles. The van der Waals surface area contributed by atoms with Crippen LogP contribution in [0, 0.1) is 0 Å². The Kier molecular flexibility index (Phi) is 25.2. The molecule has 2 fully saturated rings. The Morgan fingerprint density at radius 3 is 1.04 bits per heavy atom. The second-order valence-corrected chi connectivity index (χ2v) is 18.1. The van der Waals surface area contributed by atoms with E-state index in [2.05, 4.69) is 42.5 Å². The summed E-state index contributed by atoms with van der Waals surface area (Å²) in [6.07, 6.45) is -0.904. The van der Waals surface area contributed by atoms with Crippen LogP contribution >= 0.6 is 0 Å². The minimum absolute atomic E-state index is 0.0792. The van der Waals surface area contributed by atoms with Crippen molar-refractivity contribution >= 4 is 103 Å². The lowest BCUT2D eigenvalue weighted by molar-refractivity contribution is -0.199. The second kappa shape index (κ2) is 29.0. The van der Waals surface area contributed by atoms with E-state index in [4.69, 9.17) is 18.8 Å². The van der Waals surface area contributed by atoms with E-state index in [1.807, 2.05) is 0 Å². The van der Waals surface area contributed by atoms with E-state index in [1.54, 1.807) is 0 Å². The maximum Gasteiger partial charge on any atom is 0.355 e. The fraction of sp³-hybridized carbons (Fsp3) is 0.611. The lowest BCUT2D eigenvalue weighted by atomic mass is 10.1. The summed E-state index contributed by atoms with van der Waals surface area (Å²) >= 11 is 0. The Bertz CT molecular complexity index is 2120. The van der Waals surface area contributed by atoms with Crippen molar-refractivity contribution in [3.05, 3.63) is 0 Å². The molecule has 12 amide bonds. The third-order valence-electron chi connectivity index (χ3n) is 8.92. The summed E-state index contributed by atoms with van der Waals surface area (Å²) in [7, 11) is -9.83. The van der Waals surface area contributed by atoms with Gasteiger partial charge in [-0.1, -0.05) is 0 Å². The first-order valence-corrected chi connectivity index (χ1v) is 23.6. The number of imide groups is 2. The molecule has 2 aliphatic rings. The molecule has 392 valence electrons. The molecular formula is C36H54N10O22S2. The van der Waals surface area contributed by atoms with Crippen LogP contribution in [0.25, 0.3) is 0 Å². The Morgan fingerprint density at radius 1 is 0.500 bits per heavy atom. The maximum atomic E-state index is 12.5. The zero-order valence-corrected chi connectivity index (χ0v) is 39.6. The van der Waals surface area contributed by atoms with Gasteiger partial charge in [-0.05, 0) is 38.5 Å². The fourth-order valence-corrected chi connectivity index (χ4v) is 6.87. The molecule has 4 atom stereocenters. The topological polar surface area (TPSA) is 469 Å². The van der Waals surface area contributed by atoms with Crippen LogP contribution in [-0.4, -0.2) is 181 Å². The average molecular weight is 1040 g/mol. The summed E-state index contributed by atoms with van der Waals surface area (Å²) in [6.45, 7) is 3.76. The number of hydrogen-bond acceptors (Lipinski definition) is 20. The molecule has 2 heterocycles. The zero-order chi connectivity index (χ0) is 53.5. The van der Waals surface area contributed by atoms with Crippen LogP contribution < -0.4 is 42.5 Å². The molecular weight excluding hydrogens is 989 g/mol. The molecule has 2 saturated heterocycles. The molecule has 70 heavy (non-hydrogen) atoms. The normalized spacial score (nSPS) is 16.3. The zero-order valence-electron chi connectivity index (χ0n) is 38.0. The van der Waals surface area contributed by atoms with Crippen molar-refractivity contribution in [2.45, 2.75) is 102 Å². The van der Waals surface area contributed by atoms with Gasteiger partial charge in [-0.15, -0.1) is 10.1 Å². The molecule has 0 aromatic heterocycles. The molecule has 0 aromatic rings. The van der Waals surface area contributed by atoms with E-state index >= 15 is 0 Å². The standard InChI is InChI=1S/2C18H27N5O11S/c2*1-10(24)20-8-14(26)19-6-4-3-5-12(22-15(27)9-21-11(2)25)18(30)34-23-16(28)7-13(17(23)29)35(31,32)33/h2*12-13H,3-9H2,1-2H3,(H,19,26)(H,20,24)(H,21,25)(H,22,27)(H,31,32,33). The smallest absolute Gasteiger partial charge is 0.355 e. The number of nitrogens with one attached hydrogen (secondary N) is 8. The third kappa shape index (κ3) is 23.2. The monoisotopic (exact) mass is 1040 g/mol. The molecule has 2 rings (SSSR count).